The molecule has 1 aromatic carbocycles. The summed E-state index contributed by atoms with van der Waals surface area (Å²) in [4.78, 5) is 10.7. The van der Waals surface area contributed by atoms with Crippen LogP contribution in [0, 0.1) is 0 Å². The number of rotatable bonds is 0. The molecular formula is C7H3BrO3. The molecule has 0 atom stereocenters. The van der Waals surface area contributed by atoms with Crippen molar-refractivity contribution in [2.45, 2.75) is 0 Å². The van der Waals surface area contributed by atoms with Crippen LogP contribution in [0.3, 0.4) is 0 Å². The van der Waals surface area contributed by atoms with Gasteiger partial charge in [0, 0.05) is 0 Å². The smallest absolute Gasteiger partial charge is 0.395 e. The molecule has 3 rings (SSSR count). The third-order valence-corrected chi connectivity index (χ3v) is 1.92. The molecule has 2 aliphatic heterocycles. The van der Waals surface area contributed by atoms with Crippen LogP contribution in [0.1, 0.15) is 0 Å². The molecule has 0 N–H and O–H groups in total. The van der Waals surface area contributed by atoms with Crippen LogP contribution in [0.2, 0.25) is 0 Å². The van der Waals surface area contributed by atoms with E-state index in [9.17, 15) is 4.79 Å². The average Bonchev–Trinajstić information content (AvgIpc) is 2.16. The molecule has 0 saturated carbocycles. The predicted octanol–water partition coefficient (Wildman–Crippen LogP) is 2.34. The van der Waals surface area contributed by atoms with E-state index < -0.39 is 6.16 Å². The minimum absolute atomic E-state index is 0.483. The Hall–Kier alpha value is -1.03. The zero-order chi connectivity index (χ0) is 7.84. The van der Waals surface area contributed by atoms with E-state index in [1.165, 1.54) is 0 Å². The summed E-state index contributed by atoms with van der Waals surface area (Å²) in [6.07, 6.45) is -0.689. The maximum absolute atomic E-state index is 10.7. The normalized spacial score (nSPS) is 13.7. The first-order chi connectivity index (χ1) is 5.25. The lowest BCUT2D eigenvalue weighted by Crippen LogP contribution is -2.10. The molecule has 0 spiro atoms. The quantitative estimate of drug-likeness (QED) is 0.492. The van der Waals surface area contributed by atoms with E-state index in [1.54, 1.807) is 18.2 Å². The van der Waals surface area contributed by atoms with Crippen LogP contribution in [0.15, 0.2) is 22.7 Å². The summed E-state index contributed by atoms with van der Waals surface area (Å²) in [7, 11) is 0. The molecule has 0 fully saturated rings. The maximum Gasteiger partial charge on any atom is 0.519 e. The molecule has 4 heteroatoms. The highest BCUT2D eigenvalue weighted by Crippen LogP contribution is 2.32. The molecule has 0 amide bonds. The maximum atomic E-state index is 10.7. The highest BCUT2D eigenvalue weighted by Gasteiger charge is 2.16. The molecule has 0 aliphatic carbocycles. The first-order valence-electron chi connectivity index (χ1n) is 2.95. The van der Waals surface area contributed by atoms with Gasteiger partial charge in [0.05, 0.1) is 4.47 Å². The van der Waals surface area contributed by atoms with Gasteiger partial charge in [-0.15, -0.1) is 0 Å². The number of hydrogen-bond acceptors (Lipinski definition) is 3. The second kappa shape index (κ2) is 2.23. The number of carbonyl (C=O) groups excluding carboxylic acids is 1. The van der Waals surface area contributed by atoms with Gasteiger partial charge < -0.3 is 9.47 Å². The van der Waals surface area contributed by atoms with Crippen molar-refractivity contribution in [1.29, 1.82) is 0 Å². The molecule has 3 nitrogen and oxygen atoms in total. The lowest BCUT2D eigenvalue weighted by Gasteiger charge is -1.95. The Labute approximate surface area is 71.0 Å². The van der Waals surface area contributed by atoms with E-state index >= 15 is 0 Å². The van der Waals surface area contributed by atoms with Crippen LogP contribution in [-0.2, 0) is 0 Å². The third-order valence-electron chi connectivity index (χ3n) is 1.30. The van der Waals surface area contributed by atoms with Gasteiger partial charge in [-0.25, -0.2) is 4.79 Å². The zero-order valence-electron chi connectivity index (χ0n) is 5.33. The van der Waals surface area contributed by atoms with Crippen LogP contribution in [-0.4, -0.2) is 6.16 Å². The molecule has 56 valence electrons. The van der Waals surface area contributed by atoms with Crippen molar-refractivity contribution in [2.24, 2.45) is 0 Å². The van der Waals surface area contributed by atoms with Crippen molar-refractivity contribution < 1.29 is 14.3 Å². The number of fused-ring (bicyclic) bond motifs is 4. The van der Waals surface area contributed by atoms with E-state index in [0.717, 1.165) is 4.47 Å². The first kappa shape index (κ1) is 6.67. The van der Waals surface area contributed by atoms with Crippen LogP contribution < -0.4 is 9.47 Å². The molecule has 2 heterocycles. The fourth-order valence-electron chi connectivity index (χ4n) is 0.835. The van der Waals surface area contributed by atoms with Gasteiger partial charge in [0.15, 0.2) is 0 Å². The second-order valence-electron chi connectivity index (χ2n) is 2.05. The van der Waals surface area contributed by atoms with Crippen molar-refractivity contribution in [1.82, 2.24) is 0 Å². The van der Waals surface area contributed by atoms with Crippen LogP contribution in [0.4, 0.5) is 4.79 Å². The van der Waals surface area contributed by atoms with Gasteiger partial charge in [-0.05, 0) is 34.1 Å². The molecule has 0 radical (unpaired) electrons. The number of carbonyl (C=O) groups is 1. The number of halogens is 1. The van der Waals surface area contributed by atoms with Gasteiger partial charge >= 0.3 is 6.16 Å². The van der Waals surface area contributed by atoms with E-state index in [4.69, 9.17) is 9.47 Å². The minimum atomic E-state index is -0.689. The second-order valence-corrected chi connectivity index (χ2v) is 2.90. The SMILES string of the molecule is O=C1Oc2ccc(c(Br)c2)O1. The molecule has 0 unspecified atom stereocenters. The Morgan fingerprint density at radius 3 is 2.82 bits per heavy atom. The molecule has 0 aromatic heterocycles. The Kier molecular flexibility index (Phi) is 1.35. The molecule has 1 aromatic rings. The topological polar surface area (TPSA) is 35.5 Å². The summed E-state index contributed by atoms with van der Waals surface area (Å²) in [5, 5.41) is 0. The summed E-state index contributed by atoms with van der Waals surface area (Å²) < 4.78 is 10.2. The van der Waals surface area contributed by atoms with Gasteiger partial charge in [0.1, 0.15) is 11.5 Å². The Morgan fingerprint density at radius 2 is 2.09 bits per heavy atom. The number of hydrogen-bond donors (Lipinski definition) is 0. The monoisotopic (exact) mass is 214 g/mol. The highest BCUT2D eigenvalue weighted by atomic mass is 79.9. The van der Waals surface area contributed by atoms with Crippen molar-refractivity contribution in [2.75, 3.05) is 0 Å². The fraction of sp³-hybridized carbons (Fsp3) is 0. The first-order valence-corrected chi connectivity index (χ1v) is 3.74. The zero-order valence-corrected chi connectivity index (χ0v) is 6.92. The van der Waals surface area contributed by atoms with Gasteiger partial charge in [-0.1, -0.05) is 0 Å². The van der Waals surface area contributed by atoms with Crippen LogP contribution in [0.25, 0.3) is 0 Å². The fourth-order valence-corrected chi connectivity index (χ4v) is 1.27. The van der Waals surface area contributed by atoms with E-state index in [-0.39, 0.29) is 0 Å². The van der Waals surface area contributed by atoms with Gasteiger partial charge in [-0.2, -0.15) is 0 Å². The number of ether oxygens (including phenoxy) is 2. The summed E-state index contributed by atoms with van der Waals surface area (Å²) in [6.45, 7) is 0. The summed E-state index contributed by atoms with van der Waals surface area (Å²) in [5.41, 5.74) is 0. The van der Waals surface area contributed by atoms with Gasteiger partial charge in [-0.3, -0.25) is 0 Å². The Bertz CT molecular complexity index is 321. The largest absolute Gasteiger partial charge is 0.519 e. The Balaban J connectivity index is 2.59. The lowest BCUT2D eigenvalue weighted by molar-refractivity contribution is 0.154. The van der Waals surface area contributed by atoms with Crippen LogP contribution in [0.5, 0.6) is 11.5 Å². The Morgan fingerprint density at radius 1 is 1.27 bits per heavy atom. The molecule has 2 aliphatic rings. The number of benzene rings is 1. The standard InChI is InChI=1S/C7H3BrO3/c8-5-3-4-1-2-6(5)11-7(9)10-4/h1-3H. The summed E-state index contributed by atoms with van der Waals surface area (Å²) in [6, 6.07) is 5.02. The molecular weight excluding hydrogens is 212 g/mol. The van der Waals surface area contributed by atoms with Crippen molar-refractivity contribution in [3.05, 3.63) is 22.7 Å². The molecule has 0 saturated heterocycles. The highest BCUT2D eigenvalue weighted by molar-refractivity contribution is 9.10. The summed E-state index contributed by atoms with van der Waals surface area (Å²) in [5.74, 6) is 0.972. The van der Waals surface area contributed by atoms with Gasteiger partial charge in [0.2, 0.25) is 0 Å². The van der Waals surface area contributed by atoms with Crippen molar-refractivity contribution in [3.63, 3.8) is 0 Å². The molecule has 11 heavy (non-hydrogen) atoms. The predicted molar refractivity (Wildman–Crippen MR) is 40.8 cm³/mol. The third kappa shape index (κ3) is 1.09. The van der Waals surface area contributed by atoms with Crippen molar-refractivity contribution >= 4 is 22.1 Å². The minimum Gasteiger partial charge on any atom is -0.395 e. The molecule has 2 bridgehead atoms. The summed E-state index contributed by atoms with van der Waals surface area (Å²) >= 11 is 3.22. The van der Waals surface area contributed by atoms with Crippen LogP contribution >= 0.6 is 15.9 Å². The van der Waals surface area contributed by atoms with Crippen molar-refractivity contribution in [3.8, 4) is 11.5 Å². The average molecular weight is 215 g/mol. The lowest BCUT2D eigenvalue weighted by atomic mass is 10.3. The van der Waals surface area contributed by atoms with Gasteiger partial charge in [0.25, 0.3) is 0 Å². The van der Waals surface area contributed by atoms with E-state index in [2.05, 4.69) is 15.9 Å². The van der Waals surface area contributed by atoms with E-state index in [0.29, 0.717) is 11.5 Å². The van der Waals surface area contributed by atoms with E-state index in [1.807, 2.05) is 0 Å².